The summed E-state index contributed by atoms with van der Waals surface area (Å²) in [7, 11) is -3.33. The number of fused-ring (bicyclic) bond motifs is 1. The molecule has 3 N–H and O–H groups in total. The van der Waals surface area contributed by atoms with Gasteiger partial charge in [-0.25, -0.2) is 12.8 Å². The Hall–Kier alpha value is -3.95. The predicted octanol–water partition coefficient (Wildman–Crippen LogP) is 7.28. The van der Waals surface area contributed by atoms with E-state index in [1.807, 2.05) is 0 Å². The molecule has 0 saturated heterocycles. The minimum atomic E-state index is -3.33. The van der Waals surface area contributed by atoms with Crippen LogP contribution in [0.4, 0.5) is 21.5 Å². The van der Waals surface area contributed by atoms with Crippen molar-refractivity contribution in [3.8, 4) is 6.07 Å². The molecule has 0 fully saturated rings. The van der Waals surface area contributed by atoms with Gasteiger partial charge >= 0.3 is 0 Å². The van der Waals surface area contributed by atoms with E-state index in [1.165, 1.54) is 37.5 Å². The molecule has 9 nitrogen and oxygen atoms in total. The third-order valence-corrected chi connectivity index (χ3v) is 8.35. The average molecular weight is 633 g/mol. The number of halogens is 4. The molecular weight excluding hydrogens is 612 g/mol. The number of anilines is 3. The molecule has 4 rings (SSSR count). The van der Waals surface area contributed by atoms with Crippen molar-refractivity contribution < 1.29 is 12.8 Å². The standard InChI is InChI=1S/C27H21Cl3FN7O2S/c1-14(5-4-6-15(2)41(3,39)40)25(22-13-34-38-37-22)35-17-9-18-26(16(11-32)12-33-27(18)20(29)10-17)36-21-8-7-19(28)23(30)24(21)31/h4-10,12-13,25,35H,1H2,2-3H3,(H,33,36)(H,34,37,38)/b5-4-,15-6+/t25-/m0/s1. The van der Waals surface area contributed by atoms with Gasteiger partial charge in [0.2, 0.25) is 0 Å². The van der Waals surface area contributed by atoms with Gasteiger partial charge in [0.15, 0.2) is 15.7 Å². The maximum atomic E-state index is 14.9. The minimum absolute atomic E-state index is 0.00526. The Labute approximate surface area is 250 Å². The van der Waals surface area contributed by atoms with Crippen LogP contribution in [0.3, 0.4) is 0 Å². The lowest BCUT2D eigenvalue weighted by Gasteiger charge is -2.20. The zero-order valence-corrected chi connectivity index (χ0v) is 24.6. The van der Waals surface area contributed by atoms with E-state index in [9.17, 15) is 18.1 Å². The van der Waals surface area contributed by atoms with Crippen LogP contribution in [0.2, 0.25) is 15.1 Å². The fourth-order valence-electron chi connectivity index (χ4n) is 3.72. The number of hydrogen-bond donors (Lipinski definition) is 3. The Morgan fingerprint density at radius 3 is 2.63 bits per heavy atom. The number of pyridine rings is 1. The van der Waals surface area contributed by atoms with Gasteiger partial charge < -0.3 is 10.6 Å². The summed E-state index contributed by atoms with van der Waals surface area (Å²) in [6, 6.07) is 7.57. The van der Waals surface area contributed by atoms with Crippen molar-refractivity contribution in [1.82, 2.24) is 20.4 Å². The van der Waals surface area contributed by atoms with Crippen LogP contribution < -0.4 is 10.6 Å². The fourth-order valence-corrected chi connectivity index (χ4v) is 4.62. The Bertz CT molecular complexity index is 1870. The van der Waals surface area contributed by atoms with E-state index in [1.54, 1.807) is 24.3 Å². The highest BCUT2D eigenvalue weighted by molar-refractivity contribution is 7.94. The first-order valence-electron chi connectivity index (χ1n) is 11.7. The lowest BCUT2D eigenvalue weighted by atomic mass is 10.0. The normalized spacial score (nSPS) is 12.9. The number of sulfone groups is 1. The third kappa shape index (κ3) is 6.69. The predicted molar refractivity (Wildman–Crippen MR) is 161 cm³/mol. The van der Waals surface area contributed by atoms with E-state index in [0.717, 1.165) is 6.26 Å². The van der Waals surface area contributed by atoms with Crippen LogP contribution in [0.1, 0.15) is 24.2 Å². The molecule has 41 heavy (non-hydrogen) atoms. The maximum Gasteiger partial charge on any atom is 0.171 e. The smallest absolute Gasteiger partial charge is 0.171 e. The third-order valence-electron chi connectivity index (χ3n) is 5.98. The van der Waals surface area contributed by atoms with Gasteiger partial charge in [0, 0.05) is 28.4 Å². The molecule has 4 aromatic rings. The first kappa shape index (κ1) is 30.0. The second kappa shape index (κ2) is 12.3. The zero-order chi connectivity index (χ0) is 29.9. The first-order chi connectivity index (χ1) is 19.4. The van der Waals surface area contributed by atoms with E-state index in [-0.39, 0.29) is 36.9 Å². The average Bonchev–Trinajstić information content (AvgIpc) is 3.46. The van der Waals surface area contributed by atoms with Crippen LogP contribution in [0.15, 0.2) is 71.9 Å². The van der Waals surface area contributed by atoms with E-state index >= 15 is 0 Å². The van der Waals surface area contributed by atoms with Crippen molar-refractivity contribution >= 4 is 72.6 Å². The van der Waals surface area contributed by atoms with Gasteiger partial charge in [-0.3, -0.25) is 4.98 Å². The van der Waals surface area contributed by atoms with Crippen molar-refractivity contribution in [3.63, 3.8) is 0 Å². The highest BCUT2D eigenvalue weighted by Gasteiger charge is 2.20. The second-order valence-corrected chi connectivity index (χ2v) is 12.2. The van der Waals surface area contributed by atoms with Gasteiger partial charge in [0.05, 0.1) is 49.8 Å². The molecule has 0 radical (unpaired) electrons. The minimum Gasteiger partial charge on any atom is -0.373 e. The molecule has 2 aromatic carbocycles. The molecule has 1 atom stereocenters. The topological polar surface area (TPSA) is 136 Å². The van der Waals surface area contributed by atoms with Crippen LogP contribution in [0.25, 0.3) is 10.9 Å². The van der Waals surface area contributed by atoms with Gasteiger partial charge in [-0.2, -0.15) is 20.7 Å². The molecule has 0 bridgehead atoms. The molecule has 2 aromatic heterocycles. The SMILES string of the molecule is C=C(/C=C\C=C(/C)S(C)(=O)=O)[C@H](Nc1cc(Cl)c2ncc(C#N)c(Nc3ccc(Cl)c(Cl)c3F)c2c1)c1cn[nH]n1. The van der Waals surface area contributed by atoms with Gasteiger partial charge in [0.25, 0.3) is 0 Å². The number of rotatable bonds is 9. The Morgan fingerprint density at radius 1 is 1.22 bits per heavy atom. The van der Waals surface area contributed by atoms with E-state index in [0.29, 0.717) is 27.9 Å². The van der Waals surface area contributed by atoms with Crippen LogP contribution >= 0.6 is 34.8 Å². The Morgan fingerprint density at radius 2 is 1.98 bits per heavy atom. The van der Waals surface area contributed by atoms with Crippen molar-refractivity contribution in [2.24, 2.45) is 0 Å². The molecule has 2 heterocycles. The lowest BCUT2D eigenvalue weighted by Crippen LogP contribution is -2.13. The number of aromatic amines is 1. The number of allylic oxidation sites excluding steroid dienone is 3. The summed E-state index contributed by atoms with van der Waals surface area (Å²) in [6.45, 7) is 5.59. The number of nitrogens with zero attached hydrogens (tertiary/aromatic N) is 4. The van der Waals surface area contributed by atoms with E-state index in [2.05, 4.69) is 43.7 Å². The number of nitrogens with one attached hydrogen (secondary N) is 3. The molecule has 210 valence electrons. The summed E-state index contributed by atoms with van der Waals surface area (Å²) in [5.74, 6) is -0.789. The lowest BCUT2D eigenvalue weighted by molar-refractivity contribution is 0.607. The molecule has 0 amide bonds. The quantitative estimate of drug-likeness (QED) is 0.129. The molecule has 0 unspecified atom stereocenters. The molecule has 0 aliphatic carbocycles. The monoisotopic (exact) mass is 631 g/mol. The number of nitriles is 1. The molecule has 0 saturated carbocycles. The van der Waals surface area contributed by atoms with E-state index in [4.69, 9.17) is 34.8 Å². The van der Waals surface area contributed by atoms with E-state index < -0.39 is 21.7 Å². The number of benzene rings is 2. The summed E-state index contributed by atoms with van der Waals surface area (Å²) >= 11 is 18.5. The van der Waals surface area contributed by atoms with Crippen LogP contribution in [0, 0.1) is 17.1 Å². The van der Waals surface area contributed by atoms with Gasteiger partial charge in [-0.15, -0.1) is 0 Å². The summed E-state index contributed by atoms with van der Waals surface area (Å²) in [6.07, 6.45) is 8.62. The highest BCUT2D eigenvalue weighted by atomic mass is 35.5. The van der Waals surface area contributed by atoms with Crippen molar-refractivity contribution in [3.05, 3.63) is 104 Å². The molecule has 14 heteroatoms. The number of H-pyrrole nitrogens is 1. The maximum absolute atomic E-state index is 14.9. The van der Waals surface area contributed by atoms with Crippen LogP contribution in [-0.4, -0.2) is 35.1 Å². The van der Waals surface area contributed by atoms with Crippen LogP contribution in [0.5, 0.6) is 0 Å². The summed E-state index contributed by atoms with van der Waals surface area (Å²) < 4.78 is 38.3. The van der Waals surface area contributed by atoms with Crippen molar-refractivity contribution in [1.29, 1.82) is 5.26 Å². The van der Waals surface area contributed by atoms with Crippen LogP contribution in [-0.2, 0) is 9.84 Å². The van der Waals surface area contributed by atoms with Gasteiger partial charge in [0.1, 0.15) is 11.8 Å². The van der Waals surface area contributed by atoms with Crippen molar-refractivity contribution in [2.45, 2.75) is 13.0 Å². The molecular formula is C27H21Cl3FN7O2S. The number of aromatic nitrogens is 4. The summed E-state index contributed by atoms with van der Waals surface area (Å²) in [5.41, 5.74) is 2.23. The van der Waals surface area contributed by atoms with Gasteiger partial charge in [-0.05, 0) is 42.8 Å². The van der Waals surface area contributed by atoms with Crippen molar-refractivity contribution in [2.75, 3.05) is 16.9 Å². The summed E-state index contributed by atoms with van der Waals surface area (Å²) in [5, 5.41) is 27.0. The first-order valence-corrected chi connectivity index (χ1v) is 14.7. The second-order valence-electron chi connectivity index (χ2n) is 8.82. The largest absolute Gasteiger partial charge is 0.373 e. The Balaban J connectivity index is 1.77. The van der Waals surface area contributed by atoms with Gasteiger partial charge in [-0.1, -0.05) is 53.5 Å². The highest BCUT2D eigenvalue weighted by Crippen LogP contribution is 2.38. The molecule has 0 aliphatic rings. The zero-order valence-electron chi connectivity index (χ0n) is 21.5. The summed E-state index contributed by atoms with van der Waals surface area (Å²) in [4.78, 5) is 4.50. The molecule has 0 aliphatic heterocycles. The number of hydrogen-bond acceptors (Lipinski definition) is 8. The fraction of sp³-hybridized carbons (Fsp3) is 0.111. The molecule has 0 spiro atoms. The Kier molecular flexibility index (Phi) is 8.99.